The minimum absolute atomic E-state index is 0.00472. The molecule has 2 aliphatic rings. The van der Waals surface area contributed by atoms with Crippen LogP contribution in [0.3, 0.4) is 0 Å². The van der Waals surface area contributed by atoms with Crippen LogP contribution in [0.4, 0.5) is 0 Å². The number of likely N-dealkylation sites (tertiary alicyclic amines) is 1. The van der Waals surface area contributed by atoms with Gasteiger partial charge in [0.2, 0.25) is 11.8 Å². The standard InChI is InChI=1S/C14H25N3O2/c1-9(2)8-11(15)14(19)17-7-3-4-12(17)13(18)16-10-5-6-10/h9-12H,3-8,15H2,1-2H3,(H,16,18). The molecular weight excluding hydrogens is 242 g/mol. The summed E-state index contributed by atoms with van der Waals surface area (Å²) in [6.45, 7) is 4.76. The molecule has 0 spiro atoms. The molecule has 3 N–H and O–H groups in total. The highest BCUT2D eigenvalue weighted by atomic mass is 16.2. The molecule has 1 heterocycles. The summed E-state index contributed by atoms with van der Waals surface area (Å²) < 4.78 is 0. The molecule has 108 valence electrons. The van der Waals surface area contributed by atoms with E-state index in [9.17, 15) is 9.59 Å². The lowest BCUT2D eigenvalue weighted by molar-refractivity contribution is -0.139. The maximum atomic E-state index is 12.3. The van der Waals surface area contributed by atoms with Crippen molar-refractivity contribution in [3.05, 3.63) is 0 Å². The summed E-state index contributed by atoms with van der Waals surface area (Å²) in [6.07, 6.45) is 4.46. The molecule has 1 saturated carbocycles. The third-order valence-corrected chi connectivity index (χ3v) is 3.80. The van der Waals surface area contributed by atoms with Gasteiger partial charge in [-0.2, -0.15) is 0 Å². The molecule has 5 nitrogen and oxygen atoms in total. The lowest BCUT2D eigenvalue weighted by atomic mass is 10.0. The van der Waals surface area contributed by atoms with E-state index in [-0.39, 0.29) is 17.9 Å². The molecule has 1 aliphatic heterocycles. The van der Waals surface area contributed by atoms with Crippen LogP contribution in [0, 0.1) is 5.92 Å². The number of carbonyl (C=O) groups excluding carboxylic acids is 2. The van der Waals surface area contributed by atoms with Gasteiger partial charge in [-0.1, -0.05) is 13.8 Å². The van der Waals surface area contributed by atoms with E-state index < -0.39 is 6.04 Å². The first-order valence-electron chi connectivity index (χ1n) is 7.35. The Morgan fingerprint density at radius 1 is 1.32 bits per heavy atom. The Bertz CT molecular complexity index is 353. The van der Waals surface area contributed by atoms with Crippen LogP contribution in [0.5, 0.6) is 0 Å². The SMILES string of the molecule is CC(C)CC(N)C(=O)N1CCCC1C(=O)NC1CC1. The molecule has 0 radical (unpaired) electrons. The summed E-state index contributed by atoms with van der Waals surface area (Å²) >= 11 is 0. The van der Waals surface area contributed by atoms with Gasteiger partial charge >= 0.3 is 0 Å². The molecule has 0 bridgehead atoms. The van der Waals surface area contributed by atoms with E-state index in [1.807, 2.05) is 0 Å². The maximum absolute atomic E-state index is 12.3. The van der Waals surface area contributed by atoms with Gasteiger partial charge in [-0.05, 0) is 38.0 Å². The summed E-state index contributed by atoms with van der Waals surface area (Å²) in [5, 5.41) is 2.99. The Morgan fingerprint density at radius 2 is 2.00 bits per heavy atom. The zero-order valence-corrected chi connectivity index (χ0v) is 11.9. The second-order valence-electron chi connectivity index (χ2n) is 6.21. The third kappa shape index (κ3) is 3.69. The van der Waals surface area contributed by atoms with Crippen molar-refractivity contribution in [2.45, 2.75) is 64.1 Å². The van der Waals surface area contributed by atoms with Gasteiger partial charge < -0.3 is 16.0 Å². The summed E-state index contributed by atoms with van der Waals surface area (Å²) in [5.74, 6) is 0.326. The molecule has 2 unspecified atom stereocenters. The first-order chi connectivity index (χ1) is 8.99. The number of hydrogen-bond acceptors (Lipinski definition) is 3. The Morgan fingerprint density at radius 3 is 2.58 bits per heavy atom. The molecule has 0 aromatic rings. The van der Waals surface area contributed by atoms with E-state index in [1.165, 1.54) is 0 Å². The Balaban J connectivity index is 1.93. The van der Waals surface area contributed by atoms with Crippen molar-refractivity contribution in [1.82, 2.24) is 10.2 Å². The molecular formula is C14H25N3O2. The number of hydrogen-bond donors (Lipinski definition) is 2. The Kier molecular flexibility index (Phi) is 4.45. The van der Waals surface area contributed by atoms with E-state index in [2.05, 4.69) is 19.2 Å². The number of rotatable bonds is 5. The van der Waals surface area contributed by atoms with E-state index in [1.54, 1.807) is 4.90 Å². The van der Waals surface area contributed by atoms with Gasteiger partial charge in [0.15, 0.2) is 0 Å². The first-order valence-corrected chi connectivity index (χ1v) is 7.35. The topological polar surface area (TPSA) is 75.4 Å². The highest BCUT2D eigenvalue weighted by molar-refractivity contribution is 5.90. The third-order valence-electron chi connectivity index (χ3n) is 3.80. The number of nitrogens with two attached hydrogens (primary N) is 1. The molecule has 19 heavy (non-hydrogen) atoms. The van der Waals surface area contributed by atoms with Gasteiger partial charge in [-0.25, -0.2) is 0 Å². The predicted octanol–water partition coefficient (Wildman–Crippen LogP) is 0.629. The van der Waals surface area contributed by atoms with E-state index in [0.29, 0.717) is 24.9 Å². The zero-order chi connectivity index (χ0) is 14.0. The normalized spacial score (nSPS) is 24.6. The van der Waals surface area contributed by atoms with Crippen LogP contribution < -0.4 is 11.1 Å². The van der Waals surface area contributed by atoms with Gasteiger partial charge in [0.1, 0.15) is 6.04 Å². The van der Waals surface area contributed by atoms with E-state index >= 15 is 0 Å². The summed E-state index contributed by atoms with van der Waals surface area (Å²) in [7, 11) is 0. The number of carbonyl (C=O) groups is 2. The predicted molar refractivity (Wildman–Crippen MR) is 73.3 cm³/mol. The van der Waals surface area contributed by atoms with Crippen molar-refractivity contribution in [3.63, 3.8) is 0 Å². The van der Waals surface area contributed by atoms with E-state index in [0.717, 1.165) is 25.7 Å². The number of nitrogens with one attached hydrogen (secondary N) is 1. The average Bonchev–Trinajstić information content (AvgIpc) is 3.01. The molecule has 1 saturated heterocycles. The van der Waals surface area contributed by atoms with Crippen LogP contribution in [-0.2, 0) is 9.59 Å². The minimum atomic E-state index is -0.477. The van der Waals surface area contributed by atoms with Crippen molar-refractivity contribution in [3.8, 4) is 0 Å². The summed E-state index contributed by atoms with van der Waals surface area (Å²) in [5.41, 5.74) is 5.95. The molecule has 5 heteroatoms. The Labute approximate surface area is 114 Å². The highest BCUT2D eigenvalue weighted by Crippen LogP contribution is 2.23. The second kappa shape index (κ2) is 5.90. The molecule has 2 atom stereocenters. The van der Waals surface area contributed by atoms with Gasteiger partial charge in [-0.3, -0.25) is 9.59 Å². The maximum Gasteiger partial charge on any atom is 0.243 e. The van der Waals surface area contributed by atoms with Crippen molar-refractivity contribution in [1.29, 1.82) is 0 Å². The fraction of sp³-hybridized carbons (Fsp3) is 0.857. The molecule has 1 aliphatic carbocycles. The van der Waals surface area contributed by atoms with Gasteiger partial charge in [0.25, 0.3) is 0 Å². The molecule has 0 aromatic carbocycles. The molecule has 2 amide bonds. The van der Waals surface area contributed by atoms with Crippen molar-refractivity contribution >= 4 is 11.8 Å². The van der Waals surface area contributed by atoms with Crippen LogP contribution in [0.25, 0.3) is 0 Å². The van der Waals surface area contributed by atoms with Crippen LogP contribution >= 0.6 is 0 Å². The largest absolute Gasteiger partial charge is 0.352 e. The zero-order valence-electron chi connectivity index (χ0n) is 11.9. The highest BCUT2D eigenvalue weighted by Gasteiger charge is 2.37. The quantitative estimate of drug-likeness (QED) is 0.767. The van der Waals surface area contributed by atoms with E-state index in [4.69, 9.17) is 5.73 Å². The second-order valence-corrected chi connectivity index (χ2v) is 6.21. The summed E-state index contributed by atoms with van der Waals surface area (Å²) in [6, 6.07) is -0.435. The van der Waals surface area contributed by atoms with Crippen LogP contribution in [0.15, 0.2) is 0 Å². The fourth-order valence-electron chi connectivity index (χ4n) is 2.65. The van der Waals surface area contributed by atoms with Crippen LogP contribution in [0.2, 0.25) is 0 Å². The number of amides is 2. The van der Waals surface area contributed by atoms with Crippen LogP contribution in [-0.4, -0.2) is 41.4 Å². The van der Waals surface area contributed by atoms with Crippen molar-refractivity contribution in [2.75, 3.05) is 6.54 Å². The average molecular weight is 267 g/mol. The van der Waals surface area contributed by atoms with Gasteiger partial charge in [-0.15, -0.1) is 0 Å². The van der Waals surface area contributed by atoms with Crippen molar-refractivity contribution in [2.24, 2.45) is 11.7 Å². The molecule has 2 rings (SSSR count). The smallest absolute Gasteiger partial charge is 0.243 e. The number of nitrogens with zero attached hydrogens (tertiary/aromatic N) is 1. The first kappa shape index (κ1) is 14.3. The molecule has 0 aromatic heterocycles. The lowest BCUT2D eigenvalue weighted by Gasteiger charge is -2.27. The Hall–Kier alpha value is -1.10. The van der Waals surface area contributed by atoms with Crippen LogP contribution in [0.1, 0.15) is 46.0 Å². The lowest BCUT2D eigenvalue weighted by Crippen LogP contribution is -2.51. The van der Waals surface area contributed by atoms with Gasteiger partial charge in [0, 0.05) is 12.6 Å². The summed E-state index contributed by atoms with van der Waals surface area (Å²) in [4.78, 5) is 26.1. The minimum Gasteiger partial charge on any atom is -0.352 e. The van der Waals surface area contributed by atoms with Gasteiger partial charge in [0.05, 0.1) is 6.04 Å². The monoisotopic (exact) mass is 267 g/mol. The molecule has 2 fully saturated rings. The van der Waals surface area contributed by atoms with Crippen molar-refractivity contribution < 1.29 is 9.59 Å². The fourth-order valence-corrected chi connectivity index (χ4v) is 2.65.